The van der Waals surface area contributed by atoms with Gasteiger partial charge >= 0.3 is 0 Å². The van der Waals surface area contributed by atoms with Crippen LogP contribution < -0.4 is 0 Å². The van der Waals surface area contributed by atoms with E-state index in [1.807, 2.05) is 6.08 Å². The van der Waals surface area contributed by atoms with E-state index in [1.54, 1.807) is 36.4 Å². The fourth-order valence-corrected chi connectivity index (χ4v) is 8.84. The van der Waals surface area contributed by atoms with Crippen molar-refractivity contribution in [3.8, 4) is 11.5 Å². The Bertz CT molecular complexity index is 1530. The lowest BCUT2D eigenvalue weighted by Crippen LogP contribution is -2.60. The van der Waals surface area contributed by atoms with Crippen LogP contribution in [0, 0.1) is 17.8 Å². The predicted octanol–water partition coefficient (Wildman–Crippen LogP) is 4.81. The number of phenols is 2. The van der Waals surface area contributed by atoms with Crippen LogP contribution in [0.4, 0.5) is 0 Å². The molecule has 4 amide bonds. The summed E-state index contributed by atoms with van der Waals surface area (Å²) in [4.78, 5) is 53.3. The molecule has 0 bridgehead atoms. The van der Waals surface area contributed by atoms with Gasteiger partial charge < -0.3 is 10.2 Å². The maximum Gasteiger partial charge on any atom is 0.254 e. The Kier molecular flexibility index (Phi) is 7.08. The van der Waals surface area contributed by atoms with E-state index in [-0.39, 0.29) is 48.2 Å². The maximum absolute atomic E-state index is 13.9. The van der Waals surface area contributed by atoms with Gasteiger partial charge in [0.2, 0.25) is 11.8 Å². The number of likely N-dealkylation sites (tertiary alicyclic amines) is 2. The van der Waals surface area contributed by atoms with Crippen LogP contribution in [-0.4, -0.2) is 65.4 Å². The third-order valence-corrected chi connectivity index (χ3v) is 11.4. The molecule has 4 aliphatic rings. The van der Waals surface area contributed by atoms with Crippen LogP contribution in [0.5, 0.6) is 11.5 Å². The second-order valence-corrected chi connectivity index (χ2v) is 13.6. The highest BCUT2D eigenvalue weighted by Crippen LogP contribution is 2.66. The Morgan fingerprint density at radius 1 is 0.927 bits per heavy atom. The number of alkyl halides is 3. The van der Waals surface area contributed by atoms with Gasteiger partial charge in [-0.1, -0.05) is 55.6 Å². The molecule has 2 N–H and O–H groups in total. The van der Waals surface area contributed by atoms with Crippen molar-refractivity contribution in [2.24, 2.45) is 17.8 Å². The van der Waals surface area contributed by atoms with Crippen LogP contribution in [0.3, 0.4) is 0 Å². The van der Waals surface area contributed by atoms with Crippen molar-refractivity contribution in [2.75, 3.05) is 12.0 Å². The van der Waals surface area contributed by atoms with Gasteiger partial charge in [-0.2, -0.15) is 0 Å². The number of nitrogens with zero attached hydrogens (tertiary/aromatic N) is 2. The summed E-state index contributed by atoms with van der Waals surface area (Å²) in [6.45, 7) is 0.160. The zero-order valence-electron chi connectivity index (χ0n) is 21.4. The van der Waals surface area contributed by atoms with E-state index in [0.29, 0.717) is 22.0 Å². The number of halogens is 4. The molecule has 3 fully saturated rings. The number of carbonyl (C=O) groups is 4. The standard InChI is InChI=1S/C29H24Br2Cl2N2O6/c30-13-35-26(40)28(32)12-20-17(23(29(28,33)27(35)41)19-11-15(31)3-8-21(19)37)6-7-18-22(20)25(39)34(24(18)38)10-9-14-1-4-16(36)5-2-14/h1-6,8,11,18,20,22-23,36-37H,7,9-10,12-13H2/t18-,20+,22-,23+,28+,29-/m0/s1. The zero-order chi connectivity index (χ0) is 29.4. The number of amides is 4. The quantitative estimate of drug-likeness (QED) is 0.198. The maximum atomic E-state index is 13.9. The number of hydrogen-bond acceptors (Lipinski definition) is 6. The number of carbonyl (C=O) groups excluding carboxylic acids is 4. The average Bonchev–Trinajstić information content (AvgIpc) is 3.27. The highest BCUT2D eigenvalue weighted by atomic mass is 79.9. The Morgan fingerprint density at radius 3 is 2.32 bits per heavy atom. The van der Waals surface area contributed by atoms with Crippen LogP contribution in [-0.2, 0) is 25.6 Å². The van der Waals surface area contributed by atoms with E-state index in [4.69, 9.17) is 23.2 Å². The van der Waals surface area contributed by atoms with Crippen LogP contribution in [0.15, 0.2) is 58.6 Å². The van der Waals surface area contributed by atoms with E-state index in [9.17, 15) is 29.4 Å². The highest BCUT2D eigenvalue weighted by molar-refractivity contribution is 9.10. The topological polar surface area (TPSA) is 115 Å². The third-order valence-electron chi connectivity index (χ3n) is 8.97. The summed E-state index contributed by atoms with van der Waals surface area (Å²) >= 11 is 21.0. The fourth-order valence-electron chi connectivity index (χ4n) is 7.04. The molecule has 2 saturated heterocycles. The van der Waals surface area contributed by atoms with E-state index >= 15 is 0 Å². The first-order chi connectivity index (χ1) is 19.4. The molecule has 214 valence electrons. The number of hydrogen-bond donors (Lipinski definition) is 2. The van der Waals surface area contributed by atoms with E-state index in [1.165, 1.54) is 11.0 Å². The second-order valence-electron chi connectivity index (χ2n) is 10.9. The minimum Gasteiger partial charge on any atom is -0.508 e. The molecular formula is C29H24Br2Cl2N2O6. The molecular weight excluding hydrogens is 703 g/mol. The average molecular weight is 727 g/mol. The van der Waals surface area contributed by atoms with Crippen LogP contribution in [0.2, 0.25) is 0 Å². The summed E-state index contributed by atoms with van der Waals surface area (Å²) in [5.41, 5.74) is 1.65. The van der Waals surface area contributed by atoms with Crippen molar-refractivity contribution < 1.29 is 29.4 Å². The summed E-state index contributed by atoms with van der Waals surface area (Å²) in [6, 6.07) is 11.3. The first kappa shape index (κ1) is 28.7. The molecule has 8 nitrogen and oxygen atoms in total. The van der Waals surface area contributed by atoms with Gasteiger partial charge in [-0.15, -0.1) is 23.2 Å². The molecule has 6 rings (SSSR count). The van der Waals surface area contributed by atoms with Gasteiger partial charge in [0, 0.05) is 22.5 Å². The first-order valence-corrected chi connectivity index (χ1v) is 15.7. The van der Waals surface area contributed by atoms with Crippen molar-refractivity contribution in [1.82, 2.24) is 9.80 Å². The molecule has 1 saturated carbocycles. The SMILES string of the molecule is O=C1[C@H]2[C@H](CC=C3[C@H]2C[C@@]2(Cl)C(=O)N(CBr)C(=O)[C@@]2(Cl)[C@H]3c2cc(Br)ccc2O)C(=O)N1CCc1ccc(O)cc1. The molecule has 2 aliphatic carbocycles. The Morgan fingerprint density at radius 2 is 1.63 bits per heavy atom. The van der Waals surface area contributed by atoms with Gasteiger partial charge in [0.1, 0.15) is 11.5 Å². The molecule has 0 unspecified atom stereocenters. The van der Waals surface area contributed by atoms with Gasteiger partial charge in [-0.05, 0) is 61.1 Å². The van der Waals surface area contributed by atoms with Crippen LogP contribution in [0.25, 0.3) is 0 Å². The number of fused-ring (bicyclic) bond motifs is 4. The lowest BCUT2D eigenvalue weighted by molar-refractivity contribution is -0.141. The summed E-state index contributed by atoms with van der Waals surface area (Å²) in [5.74, 6) is -5.17. The minimum absolute atomic E-state index is 0.116. The number of benzene rings is 2. The van der Waals surface area contributed by atoms with Crippen LogP contribution in [0.1, 0.15) is 29.9 Å². The first-order valence-electron chi connectivity index (χ1n) is 13.1. The largest absolute Gasteiger partial charge is 0.508 e. The van der Waals surface area contributed by atoms with Gasteiger partial charge in [-0.25, -0.2) is 0 Å². The van der Waals surface area contributed by atoms with Crippen molar-refractivity contribution in [1.29, 1.82) is 0 Å². The lowest BCUT2D eigenvalue weighted by atomic mass is 9.56. The van der Waals surface area contributed by atoms with Crippen molar-refractivity contribution in [3.63, 3.8) is 0 Å². The van der Waals surface area contributed by atoms with Gasteiger partial charge in [0.15, 0.2) is 9.75 Å². The highest BCUT2D eigenvalue weighted by Gasteiger charge is 2.76. The molecule has 2 aromatic carbocycles. The molecule has 2 aromatic rings. The van der Waals surface area contributed by atoms with Crippen molar-refractivity contribution >= 4 is 78.7 Å². The van der Waals surface area contributed by atoms with E-state index in [2.05, 4.69) is 31.9 Å². The molecule has 41 heavy (non-hydrogen) atoms. The van der Waals surface area contributed by atoms with Gasteiger partial charge in [-0.3, -0.25) is 29.0 Å². The molecule has 0 spiro atoms. The number of rotatable bonds is 5. The Hall–Kier alpha value is -2.40. The number of aromatic hydroxyl groups is 2. The second kappa shape index (κ2) is 10.1. The smallest absolute Gasteiger partial charge is 0.254 e. The Balaban J connectivity index is 1.43. The summed E-state index contributed by atoms with van der Waals surface area (Å²) < 4.78 is 0.615. The van der Waals surface area contributed by atoms with E-state index in [0.717, 1.165) is 10.5 Å². The number of allylic oxidation sites excluding steroid dienone is 2. The zero-order valence-corrected chi connectivity index (χ0v) is 26.1. The Labute approximate surface area is 262 Å². The normalized spacial score (nSPS) is 32.6. The molecule has 0 aromatic heterocycles. The monoisotopic (exact) mass is 724 g/mol. The van der Waals surface area contributed by atoms with Gasteiger partial charge in [0.25, 0.3) is 11.8 Å². The lowest BCUT2D eigenvalue weighted by Gasteiger charge is -2.50. The summed E-state index contributed by atoms with van der Waals surface area (Å²) in [7, 11) is 0. The summed E-state index contributed by atoms with van der Waals surface area (Å²) in [6.07, 6.45) is 2.37. The minimum atomic E-state index is -1.98. The molecule has 2 heterocycles. The fraction of sp³-hybridized carbons (Fsp3) is 0.379. The van der Waals surface area contributed by atoms with Crippen molar-refractivity contribution in [2.45, 2.75) is 34.9 Å². The molecule has 0 radical (unpaired) electrons. The summed E-state index contributed by atoms with van der Waals surface area (Å²) in [5, 5.41) is 20.5. The van der Waals surface area contributed by atoms with Gasteiger partial charge in [0.05, 0.1) is 17.3 Å². The molecule has 2 aliphatic heterocycles. The number of phenolic OH excluding ortho intramolecular Hbond substituents is 2. The van der Waals surface area contributed by atoms with Crippen molar-refractivity contribution in [3.05, 3.63) is 69.7 Å². The third kappa shape index (κ3) is 4.04. The van der Waals surface area contributed by atoms with Crippen LogP contribution >= 0.6 is 55.1 Å². The predicted molar refractivity (Wildman–Crippen MR) is 158 cm³/mol. The number of imide groups is 2. The molecule has 6 atom stereocenters. The molecule has 12 heteroatoms. The van der Waals surface area contributed by atoms with E-state index < -0.39 is 45.2 Å².